The molecule has 4 heterocycles. The predicted octanol–water partition coefficient (Wildman–Crippen LogP) is 14.1. The van der Waals surface area contributed by atoms with Crippen molar-refractivity contribution in [3.05, 3.63) is 211 Å². The Labute approximate surface area is 404 Å². The molecule has 0 fully saturated rings. The number of fused-ring (bicyclic) bond motifs is 5. The molecule has 7 aromatic carbocycles. The van der Waals surface area contributed by atoms with Crippen LogP contribution in [0.3, 0.4) is 0 Å². The topological polar surface area (TPSA) is 39.8 Å². The summed E-state index contributed by atoms with van der Waals surface area (Å²) in [5.41, 5.74) is 9.35. The van der Waals surface area contributed by atoms with Gasteiger partial charge in [-0.1, -0.05) is 156 Å². The molecule has 0 saturated carbocycles. The number of imidazole rings is 1. The van der Waals surface area contributed by atoms with Crippen molar-refractivity contribution in [1.29, 1.82) is 0 Å². The molecule has 4 aromatic heterocycles. The van der Waals surface area contributed by atoms with E-state index < -0.39 is 24.5 Å². The van der Waals surface area contributed by atoms with Gasteiger partial charge in [-0.3, -0.25) is 4.57 Å². The van der Waals surface area contributed by atoms with E-state index >= 15 is 0 Å². The summed E-state index contributed by atoms with van der Waals surface area (Å²) in [6.07, 6.45) is 4.93. The number of hydrogen-bond acceptors (Lipinski definition) is 2. The van der Waals surface area contributed by atoms with Crippen molar-refractivity contribution in [2.24, 2.45) is 0 Å². The van der Waals surface area contributed by atoms with Gasteiger partial charge in [0, 0.05) is 47.0 Å². The zero-order chi connectivity index (χ0) is 49.9. The van der Waals surface area contributed by atoms with Crippen molar-refractivity contribution < 1.29 is 39.6 Å². The van der Waals surface area contributed by atoms with Crippen molar-refractivity contribution in [3.8, 4) is 39.4 Å². The van der Waals surface area contributed by atoms with Gasteiger partial charge in [-0.15, -0.1) is 5.39 Å². The van der Waals surface area contributed by atoms with Gasteiger partial charge >= 0.3 is 0 Å². The number of aromatic nitrogens is 4. The van der Waals surface area contributed by atoms with Crippen LogP contribution in [0.5, 0.6) is 0 Å². The van der Waals surface area contributed by atoms with E-state index in [9.17, 15) is 5.48 Å². The molecule has 11 rings (SSSR count). The molecule has 65 heavy (non-hydrogen) atoms. The number of pyridine rings is 1. The Morgan fingerprint density at radius 1 is 0.677 bits per heavy atom. The standard InChI is InChI=1S/C59H48N4O.Pt/c1-58(2,3)44-33-43(34-45(35-44)59(4,5)6)48-22-15-21-47(41-17-8-7-9-18-41)57(48)62-38-61(52-24-12-13-25-53(52)62)46-19-14-16-39(31-46)30-40-26-27-50-49-20-10-11-23-51(49)63(54(50)32-40)56-36-55-42(37-60-56)28-29-64-55;/h7-29,33-37H,30H2,1-6H3;/q-2;/i7D,8D,9D,17D,18D,30D2;. The zero-order valence-corrected chi connectivity index (χ0v) is 39.1. The van der Waals surface area contributed by atoms with Gasteiger partial charge < -0.3 is 13.6 Å². The van der Waals surface area contributed by atoms with Crippen LogP contribution in [0.4, 0.5) is 0 Å². The van der Waals surface area contributed by atoms with Gasteiger partial charge in [0.1, 0.15) is 11.4 Å². The van der Waals surface area contributed by atoms with Gasteiger partial charge in [-0.05, 0) is 73.8 Å². The Kier molecular flexibility index (Phi) is 8.68. The largest absolute Gasteiger partial charge is 0.464 e. The van der Waals surface area contributed by atoms with E-state index in [1.54, 1.807) is 30.7 Å². The van der Waals surface area contributed by atoms with E-state index in [-0.39, 0.29) is 55.1 Å². The normalized spacial score (nSPS) is 13.8. The zero-order valence-electron chi connectivity index (χ0n) is 43.8. The van der Waals surface area contributed by atoms with Crippen molar-refractivity contribution >= 4 is 43.8 Å². The molecule has 0 radical (unpaired) electrons. The number of hydrogen-bond donors (Lipinski definition) is 0. The van der Waals surface area contributed by atoms with Gasteiger partial charge in [0.2, 0.25) is 0 Å². The van der Waals surface area contributed by atoms with Crippen LogP contribution in [-0.4, -0.2) is 14.1 Å². The van der Waals surface area contributed by atoms with E-state index in [1.807, 2.05) is 105 Å². The molecule has 0 aliphatic rings. The van der Waals surface area contributed by atoms with E-state index in [4.69, 9.17) is 13.5 Å². The molecule has 0 spiro atoms. The van der Waals surface area contributed by atoms with Gasteiger partial charge in [0.05, 0.1) is 29.8 Å². The third-order valence-corrected chi connectivity index (χ3v) is 12.0. The first-order valence-corrected chi connectivity index (χ1v) is 21.5. The summed E-state index contributed by atoms with van der Waals surface area (Å²) < 4.78 is 75.3. The van der Waals surface area contributed by atoms with Crippen molar-refractivity contribution in [3.63, 3.8) is 0 Å². The molecule has 0 bridgehead atoms. The predicted molar refractivity (Wildman–Crippen MR) is 261 cm³/mol. The van der Waals surface area contributed by atoms with Crippen LogP contribution >= 0.6 is 0 Å². The molecule has 0 N–H and O–H groups in total. The SMILES string of the molecule is [2H]c1c([2H])c([2H])c(-c2cccc(-c3cc(C(C)(C)C)cc(C(C)(C)C)c3)c2-[n+]2[c-]n(-c3[c-]c(C([2H])([2H])c4[c-]c5c(cc4)c4ccccc4n5-c4cc5occc5cn4)ccc3)c3ccccc32)c([2H])c1[2H].[Pt]. The van der Waals surface area contributed by atoms with Gasteiger partial charge in [-0.25, -0.2) is 4.98 Å². The Bertz CT molecular complexity index is 3910. The summed E-state index contributed by atoms with van der Waals surface area (Å²) in [7, 11) is 0. The second-order valence-electron chi connectivity index (χ2n) is 18.3. The summed E-state index contributed by atoms with van der Waals surface area (Å²) in [5, 5.41) is 2.76. The molecule has 0 unspecified atom stereocenters. The minimum absolute atomic E-state index is 0. The van der Waals surface area contributed by atoms with Crippen LogP contribution in [0.2, 0.25) is 0 Å². The van der Waals surface area contributed by atoms with Crippen LogP contribution in [0.15, 0.2) is 174 Å². The molecule has 6 heteroatoms. The number of furan rings is 1. The Balaban J connectivity index is 0.00000596. The summed E-state index contributed by atoms with van der Waals surface area (Å²) in [6, 6.07) is 45.9. The third kappa shape index (κ3) is 7.62. The van der Waals surface area contributed by atoms with E-state index in [0.29, 0.717) is 44.9 Å². The molecule has 322 valence electrons. The van der Waals surface area contributed by atoms with Crippen molar-refractivity contribution in [1.82, 2.24) is 14.1 Å². The van der Waals surface area contributed by atoms with Crippen LogP contribution in [0, 0.1) is 18.5 Å². The van der Waals surface area contributed by atoms with Gasteiger partial charge in [0.15, 0.2) is 0 Å². The molecule has 0 aliphatic heterocycles. The Morgan fingerprint density at radius 2 is 1.37 bits per heavy atom. The van der Waals surface area contributed by atoms with Crippen LogP contribution in [0.25, 0.3) is 83.3 Å². The Hall–Kier alpha value is -6.81. The maximum atomic E-state index is 9.76. The van der Waals surface area contributed by atoms with Crippen LogP contribution < -0.4 is 4.57 Å². The second-order valence-corrected chi connectivity index (χ2v) is 18.3. The second kappa shape index (κ2) is 16.3. The first kappa shape index (κ1) is 34.6. The average Bonchev–Trinajstić information content (AvgIpc) is 4.08. The summed E-state index contributed by atoms with van der Waals surface area (Å²) >= 11 is 0. The van der Waals surface area contributed by atoms with Crippen molar-refractivity contribution in [2.75, 3.05) is 0 Å². The average molecular weight is 1030 g/mol. The molecule has 0 amide bonds. The maximum absolute atomic E-state index is 9.76. The van der Waals surface area contributed by atoms with E-state index in [0.717, 1.165) is 49.4 Å². The number of nitrogens with zero attached hydrogens (tertiary/aromatic N) is 4. The van der Waals surface area contributed by atoms with Gasteiger partial charge in [0.25, 0.3) is 6.33 Å². The van der Waals surface area contributed by atoms with E-state index in [1.165, 1.54) is 0 Å². The molecular weight excluding hydrogens is 976 g/mol. The van der Waals surface area contributed by atoms with Crippen LogP contribution in [0.1, 0.15) is 73.4 Å². The molecule has 0 saturated heterocycles. The minimum atomic E-state index is -2.08. The van der Waals surface area contributed by atoms with Crippen molar-refractivity contribution in [2.45, 2.75) is 58.7 Å². The molecule has 0 aliphatic carbocycles. The summed E-state index contributed by atoms with van der Waals surface area (Å²) in [5.74, 6) is 0.623. The number of rotatable bonds is 7. The summed E-state index contributed by atoms with van der Waals surface area (Å²) in [6.45, 7) is 13.1. The van der Waals surface area contributed by atoms with Crippen LogP contribution in [-0.2, 0) is 38.3 Å². The van der Waals surface area contributed by atoms with E-state index in [2.05, 4.69) is 78.2 Å². The fourth-order valence-electron chi connectivity index (χ4n) is 8.63. The molecule has 0 atom stereocenters. The Morgan fingerprint density at radius 3 is 2.14 bits per heavy atom. The molecule has 5 nitrogen and oxygen atoms in total. The molecule has 11 aromatic rings. The smallest absolute Gasteiger partial charge is 0.268 e. The first-order chi connectivity index (χ1) is 33.8. The fourth-order valence-corrected chi connectivity index (χ4v) is 8.63. The fraction of sp³-hybridized carbons (Fsp3) is 0.153. The number of benzene rings is 7. The third-order valence-electron chi connectivity index (χ3n) is 12.0. The summed E-state index contributed by atoms with van der Waals surface area (Å²) in [4.78, 5) is 4.79. The minimum Gasteiger partial charge on any atom is -0.464 e. The first-order valence-electron chi connectivity index (χ1n) is 25.0. The monoisotopic (exact) mass is 1030 g/mol. The quantitative estimate of drug-likeness (QED) is 0.118. The number of para-hydroxylation sites is 4. The molecular formula is C59H48N4OPt-2. The maximum Gasteiger partial charge on any atom is 0.268 e. The van der Waals surface area contributed by atoms with Gasteiger partial charge in [-0.2, -0.15) is 53.6 Å².